The van der Waals surface area contributed by atoms with Crippen molar-refractivity contribution in [3.8, 4) is 0 Å². The number of hydrogen-bond acceptors (Lipinski definition) is 0. The first kappa shape index (κ1) is 11.8. The van der Waals surface area contributed by atoms with E-state index in [0.717, 1.165) is 16.6 Å². The van der Waals surface area contributed by atoms with Crippen LogP contribution in [0.3, 0.4) is 0 Å². The molecule has 0 saturated heterocycles. The van der Waals surface area contributed by atoms with Crippen molar-refractivity contribution in [1.82, 2.24) is 0 Å². The average Bonchev–Trinajstić information content (AvgIpc) is 1.84. The van der Waals surface area contributed by atoms with Gasteiger partial charge in [-0.25, -0.2) is 0 Å². The van der Waals surface area contributed by atoms with Crippen LogP contribution in [0.5, 0.6) is 0 Å². The molecule has 0 fully saturated rings. The molecule has 0 rings (SSSR count). The van der Waals surface area contributed by atoms with Crippen molar-refractivity contribution in [3.63, 3.8) is 0 Å². The number of rotatable bonds is 3. The van der Waals surface area contributed by atoms with Gasteiger partial charge in [-0.3, -0.25) is 0 Å². The van der Waals surface area contributed by atoms with Crippen LogP contribution >= 0.6 is 0 Å². The van der Waals surface area contributed by atoms with Crippen LogP contribution in [0, 0.1) is 0 Å². The van der Waals surface area contributed by atoms with Crippen LogP contribution in [0.25, 0.3) is 0 Å². The van der Waals surface area contributed by atoms with E-state index in [2.05, 4.69) is 57.7 Å². The summed E-state index contributed by atoms with van der Waals surface area (Å²) >= 11 is 3.04. The summed E-state index contributed by atoms with van der Waals surface area (Å²) < 4.78 is 0. The molecule has 0 aliphatic rings. The zero-order chi connectivity index (χ0) is 9.23. The maximum atomic E-state index is 3.04. The van der Waals surface area contributed by atoms with Crippen LogP contribution in [0.4, 0.5) is 0 Å². The van der Waals surface area contributed by atoms with Gasteiger partial charge in [0.25, 0.3) is 0 Å². The molecule has 66 valence electrons. The van der Waals surface area contributed by atoms with Gasteiger partial charge in [0.15, 0.2) is 0 Å². The van der Waals surface area contributed by atoms with Gasteiger partial charge in [-0.1, -0.05) is 0 Å². The molecule has 0 saturated carbocycles. The van der Waals surface area contributed by atoms with Crippen molar-refractivity contribution in [1.29, 1.82) is 0 Å². The summed E-state index contributed by atoms with van der Waals surface area (Å²) in [6.45, 7) is 13.2. The van der Waals surface area contributed by atoms with Gasteiger partial charge in [0.05, 0.1) is 0 Å². The minimum atomic E-state index is -1.04. The van der Waals surface area contributed by atoms with E-state index in [4.69, 9.17) is 0 Å². The van der Waals surface area contributed by atoms with E-state index in [9.17, 15) is 0 Å². The Labute approximate surface area is 81.1 Å². The number of hydrogen-bond donors (Lipinski definition) is 0. The molecule has 0 nitrogen and oxygen atoms in total. The zero-order valence-electron chi connectivity index (χ0n) is 8.68. The maximum absolute atomic E-state index is 3.04. The van der Waals surface area contributed by atoms with Crippen molar-refractivity contribution >= 4 is 22.7 Å². The van der Waals surface area contributed by atoms with Crippen LogP contribution in [-0.2, 0) is 0 Å². The molecule has 2 radical (unpaired) electrons. The molecular formula is C9H21AsSi. The Balaban J connectivity index is 4.53. The second-order valence-corrected chi connectivity index (χ2v) is 14.5. The van der Waals surface area contributed by atoms with Crippen LogP contribution in [0.1, 0.15) is 41.5 Å². The van der Waals surface area contributed by atoms with Crippen LogP contribution in [0.15, 0.2) is 0 Å². The molecule has 0 aromatic rings. The molecule has 11 heavy (non-hydrogen) atoms. The van der Waals surface area contributed by atoms with Crippen molar-refractivity contribution in [2.24, 2.45) is 0 Å². The Morgan fingerprint density at radius 2 is 0.909 bits per heavy atom. The van der Waals surface area contributed by atoms with E-state index in [1.54, 1.807) is 0 Å². The fourth-order valence-electron chi connectivity index (χ4n) is 2.00. The Morgan fingerprint density at radius 3 is 0.909 bits per heavy atom. The summed E-state index contributed by atoms with van der Waals surface area (Å²) in [5.74, 6) is 0. The second-order valence-electron chi connectivity index (χ2n) is 4.35. The monoisotopic (exact) mass is 232 g/mol. The summed E-state index contributed by atoms with van der Waals surface area (Å²) in [4.78, 5) is 0. The standard InChI is InChI=1S/C9H21AsSi/c1-7(2)11(10,8(3)4)9(5)6/h7-9H,1-6H3. The van der Waals surface area contributed by atoms with Gasteiger partial charge < -0.3 is 0 Å². The Bertz CT molecular complexity index is 97.0. The normalized spacial score (nSPS) is 13.6. The zero-order valence-corrected chi connectivity index (χ0v) is 11.6. The third-order valence-corrected chi connectivity index (χ3v) is 18.1. The topological polar surface area (TPSA) is 0 Å². The van der Waals surface area contributed by atoms with Crippen LogP contribution < -0.4 is 0 Å². The molecule has 0 aliphatic heterocycles. The fourth-order valence-corrected chi connectivity index (χ4v) is 6.00. The molecule has 0 aromatic heterocycles. The first-order valence-electron chi connectivity index (χ1n) is 4.55. The van der Waals surface area contributed by atoms with Gasteiger partial charge in [-0.15, -0.1) is 0 Å². The van der Waals surface area contributed by atoms with Crippen molar-refractivity contribution < 1.29 is 0 Å². The van der Waals surface area contributed by atoms with Gasteiger partial charge in [-0.05, 0) is 0 Å². The van der Waals surface area contributed by atoms with Gasteiger partial charge in [0.2, 0.25) is 0 Å². The van der Waals surface area contributed by atoms with E-state index in [1.165, 1.54) is 0 Å². The summed E-state index contributed by atoms with van der Waals surface area (Å²) in [6, 6.07) is 0. The third-order valence-electron chi connectivity index (χ3n) is 2.77. The Morgan fingerprint density at radius 1 is 0.727 bits per heavy atom. The van der Waals surface area contributed by atoms with E-state index >= 15 is 0 Å². The van der Waals surface area contributed by atoms with E-state index in [0.29, 0.717) is 0 Å². The first-order valence-corrected chi connectivity index (χ1v) is 9.55. The van der Waals surface area contributed by atoms with Gasteiger partial charge in [0, 0.05) is 0 Å². The molecular weight excluding hydrogens is 211 g/mol. The van der Waals surface area contributed by atoms with Crippen LogP contribution in [0.2, 0.25) is 16.6 Å². The molecule has 2 heteroatoms. The summed E-state index contributed by atoms with van der Waals surface area (Å²) in [5, 5.41) is 0. The van der Waals surface area contributed by atoms with Crippen molar-refractivity contribution in [2.45, 2.75) is 58.2 Å². The summed E-state index contributed by atoms with van der Waals surface area (Å²) in [5.41, 5.74) is 2.67. The predicted molar refractivity (Wildman–Crippen MR) is 56.8 cm³/mol. The molecule has 0 N–H and O–H groups in total. The summed E-state index contributed by atoms with van der Waals surface area (Å²) in [7, 11) is 0. The van der Waals surface area contributed by atoms with Crippen molar-refractivity contribution in [2.75, 3.05) is 0 Å². The van der Waals surface area contributed by atoms with Gasteiger partial charge in [0.1, 0.15) is 0 Å². The predicted octanol–water partition coefficient (Wildman–Crippen LogP) is 3.33. The first-order chi connectivity index (χ1) is 4.83. The molecule has 0 atom stereocenters. The molecule has 0 aliphatic carbocycles. The molecule has 0 bridgehead atoms. The quantitative estimate of drug-likeness (QED) is 0.655. The molecule has 0 spiro atoms. The van der Waals surface area contributed by atoms with Crippen molar-refractivity contribution in [3.05, 3.63) is 0 Å². The van der Waals surface area contributed by atoms with E-state index in [-0.39, 0.29) is 0 Å². The summed E-state index contributed by atoms with van der Waals surface area (Å²) in [6.07, 6.45) is 0. The minimum absolute atomic E-state index is 0.891. The molecule has 0 amide bonds. The molecule has 0 unspecified atom stereocenters. The third kappa shape index (κ3) is 2.35. The SMILES string of the molecule is CC(C)[Si]([As])(C(C)C)C(C)C. The second kappa shape index (κ2) is 4.14. The Kier molecular flexibility index (Phi) is 4.43. The fraction of sp³-hybridized carbons (Fsp3) is 1.00. The van der Waals surface area contributed by atoms with E-state index < -0.39 is 6.54 Å². The van der Waals surface area contributed by atoms with Gasteiger partial charge >= 0.3 is 80.9 Å². The molecule has 0 heterocycles. The van der Waals surface area contributed by atoms with E-state index in [1.807, 2.05) is 0 Å². The average molecular weight is 232 g/mol. The van der Waals surface area contributed by atoms with Crippen LogP contribution in [-0.4, -0.2) is 22.7 Å². The Hall–Kier alpha value is 0.775. The van der Waals surface area contributed by atoms with Gasteiger partial charge in [-0.2, -0.15) is 0 Å². The molecule has 0 aromatic carbocycles.